The van der Waals surface area contributed by atoms with Crippen molar-refractivity contribution in [2.24, 2.45) is 0 Å². The maximum Gasteiger partial charge on any atom is 0.143 e. The van der Waals surface area contributed by atoms with E-state index in [9.17, 15) is 9.50 Å². The molecule has 0 aliphatic rings. The largest absolute Gasteiger partial charge is 0.383 e. The highest BCUT2D eigenvalue weighted by atomic mass is 79.9. The molecule has 0 radical (unpaired) electrons. The van der Waals surface area contributed by atoms with Crippen molar-refractivity contribution in [3.63, 3.8) is 0 Å². The van der Waals surface area contributed by atoms with Crippen molar-refractivity contribution in [2.45, 2.75) is 6.10 Å². The molecule has 5 heteroatoms. The smallest absolute Gasteiger partial charge is 0.143 e. The molecule has 1 atom stereocenters. The molecule has 0 fully saturated rings. The maximum absolute atomic E-state index is 13.9. The van der Waals surface area contributed by atoms with Crippen LogP contribution in [-0.4, -0.2) is 5.11 Å². The topological polar surface area (TPSA) is 20.2 Å². The van der Waals surface area contributed by atoms with Crippen LogP contribution in [0.25, 0.3) is 0 Å². The molecular weight excluding hydrogens is 386 g/mol. The molecular formula is C13H8Br2ClFO. The van der Waals surface area contributed by atoms with Crippen molar-refractivity contribution in [1.29, 1.82) is 0 Å². The van der Waals surface area contributed by atoms with E-state index in [4.69, 9.17) is 11.6 Å². The number of hydrogen-bond acceptors (Lipinski definition) is 1. The SMILES string of the molecule is OC(c1ccc(Br)cc1Cl)c1cccc(Br)c1F. The summed E-state index contributed by atoms with van der Waals surface area (Å²) in [5.74, 6) is -0.482. The number of rotatable bonds is 2. The summed E-state index contributed by atoms with van der Waals surface area (Å²) in [5, 5.41) is 10.6. The minimum atomic E-state index is -1.09. The molecule has 0 spiro atoms. The van der Waals surface area contributed by atoms with E-state index in [2.05, 4.69) is 31.9 Å². The quantitative estimate of drug-likeness (QED) is 0.753. The van der Waals surface area contributed by atoms with Crippen molar-refractivity contribution in [3.8, 4) is 0 Å². The number of benzene rings is 2. The predicted molar refractivity (Wildman–Crippen MR) is 77.3 cm³/mol. The molecule has 0 saturated carbocycles. The molecule has 2 rings (SSSR count). The molecule has 0 heterocycles. The minimum Gasteiger partial charge on any atom is -0.383 e. The van der Waals surface area contributed by atoms with Crippen LogP contribution in [0.15, 0.2) is 45.3 Å². The van der Waals surface area contributed by atoms with Gasteiger partial charge in [-0.3, -0.25) is 0 Å². The van der Waals surface area contributed by atoms with E-state index >= 15 is 0 Å². The van der Waals surface area contributed by atoms with Gasteiger partial charge in [0.05, 0.1) is 4.47 Å². The molecule has 0 aliphatic carbocycles. The second-order valence-electron chi connectivity index (χ2n) is 3.71. The zero-order valence-corrected chi connectivity index (χ0v) is 12.9. The van der Waals surface area contributed by atoms with Gasteiger partial charge in [0.15, 0.2) is 0 Å². The summed E-state index contributed by atoms with van der Waals surface area (Å²) < 4.78 is 15.0. The van der Waals surface area contributed by atoms with Crippen LogP contribution in [0.1, 0.15) is 17.2 Å². The van der Waals surface area contributed by atoms with Crippen molar-refractivity contribution in [2.75, 3.05) is 0 Å². The highest BCUT2D eigenvalue weighted by Gasteiger charge is 2.19. The van der Waals surface area contributed by atoms with Gasteiger partial charge in [-0.2, -0.15) is 0 Å². The van der Waals surface area contributed by atoms with Gasteiger partial charge in [-0.1, -0.05) is 45.7 Å². The zero-order valence-electron chi connectivity index (χ0n) is 9.00. The van der Waals surface area contributed by atoms with E-state index in [1.54, 1.807) is 30.3 Å². The van der Waals surface area contributed by atoms with Crippen LogP contribution >= 0.6 is 43.5 Å². The normalized spacial score (nSPS) is 12.5. The van der Waals surface area contributed by atoms with Crippen molar-refractivity contribution in [1.82, 2.24) is 0 Å². The van der Waals surface area contributed by atoms with Gasteiger partial charge in [-0.25, -0.2) is 4.39 Å². The highest BCUT2D eigenvalue weighted by molar-refractivity contribution is 9.10. The Morgan fingerprint density at radius 2 is 1.83 bits per heavy atom. The van der Waals surface area contributed by atoms with E-state index in [0.717, 1.165) is 4.47 Å². The molecule has 2 aromatic carbocycles. The Balaban J connectivity index is 2.48. The van der Waals surface area contributed by atoms with Crippen LogP contribution in [0, 0.1) is 5.82 Å². The molecule has 2 aromatic rings. The fourth-order valence-corrected chi connectivity index (χ4v) is 2.78. The molecule has 1 nitrogen and oxygen atoms in total. The predicted octanol–water partition coefficient (Wildman–Crippen LogP) is 5.09. The molecule has 0 aliphatic heterocycles. The van der Waals surface area contributed by atoms with Gasteiger partial charge in [-0.05, 0) is 34.1 Å². The first-order valence-electron chi connectivity index (χ1n) is 5.07. The Labute approximate surface area is 126 Å². The van der Waals surface area contributed by atoms with Crippen molar-refractivity contribution < 1.29 is 9.50 Å². The van der Waals surface area contributed by atoms with Gasteiger partial charge in [0.1, 0.15) is 11.9 Å². The van der Waals surface area contributed by atoms with Gasteiger partial charge in [0.2, 0.25) is 0 Å². The van der Waals surface area contributed by atoms with E-state index in [-0.39, 0.29) is 5.56 Å². The van der Waals surface area contributed by atoms with Crippen LogP contribution in [0.3, 0.4) is 0 Å². The Bertz CT molecular complexity index is 589. The van der Waals surface area contributed by atoms with Gasteiger partial charge >= 0.3 is 0 Å². The lowest BCUT2D eigenvalue weighted by molar-refractivity contribution is 0.215. The molecule has 18 heavy (non-hydrogen) atoms. The molecule has 1 N–H and O–H groups in total. The van der Waals surface area contributed by atoms with Crippen LogP contribution in [0.2, 0.25) is 5.02 Å². The number of aliphatic hydroxyl groups excluding tert-OH is 1. The first-order chi connectivity index (χ1) is 8.50. The van der Waals surface area contributed by atoms with Gasteiger partial charge in [0, 0.05) is 20.6 Å². The molecule has 94 valence electrons. The van der Waals surface area contributed by atoms with Crippen LogP contribution in [0.4, 0.5) is 4.39 Å². The lowest BCUT2D eigenvalue weighted by Gasteiger charge is -2.14. The molecule has 1 unspecified atom stereocenters. The fourth-order valence-electron chi connectivity index (χ4n) is 1.62. The fraction of sp³-hybridized carbons (Fsp3) is 0.0769. The van der Waals surface area contributed by atoms with Gasteiger partial charge in [-0.15, -0.1) is 0 Å². The summed E-state index contributed by atoms with van der Waals surface area (Å²) in [5.41, 5.74) is 0.658. The lowest BCUT2D eigenvalue weighted by atomic mass is 10.0. The average Bonchev–Trinajstić information content (AvgIpc) is 2.32. The maximum atomic E-state index is 13.9. The Hall–Kier alpha value is -0.420. The summed E-state index contributed by atoms with van der Waals surface area (Å²) >= 11 is 12.4. The second kappa shape index (κ2) is 5.70. The van der Waals surface area contributed by atoms with Crippen molar-refractivity contribution in [3.05, 3.63) is 67.3 Å². The molecule has 0 amide bonds. The van der Waals surface area contributed by atoms with Crippen molar-refractivity contribution >= 4 is 43.5 Å². The van der Waals surface area contributed by atoms with Gasteiger partial charge in [0.25, 0.3) is 0 Å². The van der Waals surface area contributed by atoms with Crippen LogP contribution in [-0.2, 0) is 0 Å². The Kier molecular flexibility index (Phi) is 4.43. The first-order valence-corrected chi connectivity index (χ1v) is 7.04. The van der Waals surface area contributed by atoms with E-state index < -0.39 is 11.9 Å². The summed E-state index contributed by atoms with van der Waals surface area (Å²) in [6, 6.07) is 9.85. The molecule has 0 aromatic heterocycles. The number of halogens is 4. The highest BCUT2D eigenvalue weighted by Crippen LogP contribution is 2.33. The molecule has 0 saturated heterocycles. The molecule has 0 bridgehead atoms. The lowest BCUT2D eigenvalue weighted by Crippen LogP contribution is -2.03. The standard InChI is InChI=1S/C13H8Br2ClFO/c14-7-4-5-8(11(16)6-7)13(18)9-2-1-3-10(15)12(9)17/h1-6,13,18H. The summed E-state index contributed by atoms with van der Waals surface area (Å²) in [6.07, 6.45) is -1.09. The summed E-state index contributed by atoms with van der Waals surface area (Å²) in [6.45, 7) is 0. The third-order valence-electron chi connectivity index (χ3n) is 2.53. The van der Waals surface area contributed by atoms with E-state index in [1.165, 1.54) is 6.07 Å². The van der Waals surface area contributed by atoms with E-state index in [1.807, 2.05) is 0 Å². The average molecular weight is 394 g/mol. The first kappa shape index (κ1) is 14.0. The minimum absolute atomic E-state index is 0.189. The van der Waals surface area contributed by atoms with Crippen LogP contribution < -0.4 is 0 Å². The third kappa shape index (κ3) is 2.77. The summed E-state index contributed by atoms with van der Waals surface area (Å²) in [7, 11) is 0. The number of hydrogen-bond donors (Lipinski definition) is 1. The zero-order chi connectivity index (χ0) is 13.3. The number of aliphatic hydroxyl groups is 1. The summed E-state index contributed by atoms with van der Waals surface area (Å²) in [4.78, 5) is 0. The van der Waals surface area contributed by atoms with Gasteiger partial charge < -0.3 is 5.11 Å². The van der Waals surface area contributed by atoms with E-state index in [0.29, 0.717) is 15.1 Å². The Morgan fingerprint density at radius 3 is 2.50 bits per heavy atom. The monoisotopic (exact) mass is 392 g/mol. The second-order valence-corrected chi connectivity index (χ2v) is 5.89. The Morgan fingerprint density at radius 1 is 1.11 bits per heavy atom. The third-order valence-corrected chi connectivity index (χ3v) is 3.97. The van der Waals surface area contributed by atoms with Crippen LogP contribution in [0.5, 0.6) is 0 Å².